The molecule has 0 radical (unpaired) electrons. The Balaban J connectivity index is 1.75. The van der Waals surface area contributed by atoms with Gasteiger partial charge in [0.15, 0.2) is 0 Å². The average Bonchev–Trinajstić information content (AvgIpc) is 3.33. The van der Waals surface area contributed by atoms with E-state index in [4.69, 9.17) is 0 Å². The van der Waals surface area contributed by atoms with Crippen molar-refractivity contribution in [2.45, 2.75) is 46.2 Å². The summed E-state index contributed by atoms with van der Waals surface area (Å²) in [6, 6.07) is 16.7. The van der Waals surface area contributed by atoms with Gasteiger partial charge in [0.1, 0.15) is 0 Å². The summed E-state index contributed by atoms with van der Waals surface area (Å²) in [5.41, 5.74) is 3.74. The first-order chi connectivity index (χ1) is 13.2. The second-order valence-corrected chi connectivity index (χ2v) is 7.98. The van der Waals surface area contributed by atoms with Gasteiger partial charge in [0.25, 0.3) is 5.91 Å². The number of thiophene rings is 1. The van der Waals surface area contributed by atoms with E-state index in [1.54, 1.807) is 0 Å². The van der Waals surface area contributed by atoms with Crippen LogP contribution in [-0.2, 0) is 13.1 Å². The Morgan fingerprint density at radius 3 is 2.74 bits per heavy atom. The summed E-state index contributed by atoms with van der Waals surface area (Å²) in [5.74, 6) is 0.143. The number of carbonyl (C=O) groups excluding carboxylic acids is 1. The Hall–Kier alpha value is -2.33. The van der Waals surface area contributed by atoms with Crippen molar-refractivity contribution < 1.29 is 4.79 Å². The number of aromatic nitrogens is 1. The van der Waals surface area contributed by atoms with E-state index in [2.05, 4.69) is 61.0 Å². The molecule has 2 aromatic heterocycles. The predicted molar refractivity (Wildman–Crippen MR) is 113 cm³/mol. The Kier molecular flexibility index (Phi) is 6.88. The molecule has 1 aromatic carbocycles. The van der Waals surface area contributed by atoms with E-state index >= 15 is 0 Å². The molecule has 0 aliphatic heterocycles. The number of rotatable bonds is 9. The molecule has 0 unspecified atom stereocenters. The van der Waals surface area contributed by atoms with Crippen LogP contribution >= 0.6 is 11.3 Å². The first-order valence-corrected chi connectivity index (χ1v) is 10.6. The van der Waals surface area contributed by atoms with Gasteiger partial charge in [0, 0.05) is 25.0 Å². The van der Waals surface area contributed by atoms with Crippen molar-refractivity contribution in [2.24, 2.45) is 0 Å². The minimum Gasteiger partial charge on any atom is -0.345 e. The van der Waals surface area contributed by atoms with Gasteiger partial charge >= 0.3 is 0 Å². The molecule has 3 aromatic rings. The maximum atomic E-state index is 13.0. The molecule has 4 heteroatoms. The summed E-state index contributed by atoms with van der Waals surface area (Å²) in [7, 11) is 0. The van der Waals surface area contributed by atoms with Crippen LogP contribution in [0, 0.1) is 6.92 Å². The first-order valence-electron chi connectivity index (χ1n) is 9.69. The Labute approximate surface area is 166 Å². The molecule has 0 saturated heterocycles. The molecule has 0 fully saturated rings. The van der Waals surface area contributed by atoms with Crippen molar-refractivity contribution in [3.63, 3.8) is 0 Å². The Bertz CT molecular complexity index is 851. The van der Waals surface area contributed by atoms with Crippen LogP contribution in [0.15, 0.2) is 60.1 Å². The van der Waals surface area contributed by atoms with Gasteiger partial charge in [-0.05, 0) is 42.5 Å². The van der Waals surface area contributed by atoms with Gasteiger partial charge in [0.2, 0.25) is 0 Å². The molecular formula is C23H28N2OS. The zero-order valence-corrected chi connectivity index (χ0v) is 17.0. The lowest BCUT2D eigenvalue weighted by molar-refractivity contribution is 0.0741. The lowest BCUT2D eigenvalue weighted by atomic mass is 10.1. The number of nitrogens with zero attached hydrogens (tertiary/aromatic N) is 2. The number of hydrogen-bond acceptors (Lipinski definition) is 2. The molecule has 3 rings (SSSR count). The summed E-state index contributed by atoms with van der Waals surface area (Å²) in [6.07, 6.45) is 5.47. The third-order valence-electron chi connectivity index (χ3n) is 4.76. The predicted octanol–water partition coefficient (Wildman–Crippen LogP) is 5.74. The number of aryl methyl sites for hydroxylation is 1. The van der Waals surface area contributed by atoms with Gasteiger partial charge in [0.05, 0.1) is 11.4 Å². The quantitative estimate of drug-likeness (QED) is 0.435. The second kappa shape index (κ2) is 9.56. The molecule has 3 nitrogen and oxygen atoms in total. The third-order valence-corrected chi connectivity index (χ3v) is 5.62. The molecule has 0 spiro atoms. The molecule has 0 bridgehead atoms. The monoisotopic (exact) mass is 380 g/mol. The van der Waals surface area contributed by atoms with Crippen LogP contribution in [-0.4, -0.2) is 21.9 Å². The van der Waals surface area contributed by atoms with Crippen LogP contribution in [0.2, 0.25) is 0 Å². The first kappa shape index (κ1) is 19.4. The highest BCUT2D eigenvalue weighted by molar-refractivity contribution is 7.12. The molecule has 0 aliphatic carbocycles. The smallest absolute Gasteiger partial charge is 0.264 e. The number of hydrogen-bond donors (Lipinski definition) is 0. The minimum atomic E-state index is 0.143. The van der Waals surface area contributed by atoms with Crippen molar-refractivity contribution in [3.8, 4) is 0 Å². The van der Waals surface area contributed by atoms with Crippen molar-refractivity contribution in [1.29, 1.82) is 0 Å². The largest absolute Gasteiger partial charge is 0.345 e. The lowest BCUT2D eigenvalue weighted by Gasteiger charge is -2.23. The Morgan fingerprint density at radius 2 is 2.00 bits per heavy atom. The second-order valence-electron chi connectivity index (χ2n) is 7.03. The van der Waals surface area contributed by atoms with Gasteiger partial charge in [-0.25, -0.2) is 0 Å². The summed E-state index contributed by atoms with van der Waals surface area (Å²) < 4.78 is 2.25. The number of amides is 1. The van der Waals surface area contributed by atoms with E-state index < -0.39 is 0 Å². The summed E-state index contributed by atoms with van der Waals surface area (Å²) in [6.45, 7) is 6.60. The highest BCUT2D eigenvalue weighted by atomic mass is 32.1. The molecule has 0 aliphatic rings. The lowest BCUT2D eigenvalue weighted by Crippen LogP contribution is -2.32. The molecule has 0 saturated carbocycles. The fraction of sp³-hybridized carbons (Fsp3) is 0.348. The molecule has 142 valence electrons. The highest BCUT2D eigenvalue weighted by Gasteiger charge is 2.18. The van der Waals surface area contributed by atoms with Crippen LogP contribution in [0.5, 0.6) is 0 Å². The number of carbonyl (C=O) groups is 1. The SMILES string of the molecule is CCCCCN(Cc1cccn1Cc1cccc(C)c1)C(=O)c1cccs1. The summed E-state index contributed by atoms with van der Waals surface area (Å²) in [4.78, 5) is 15.8. The normalized spacial score (nSPS) is 10.9. The molecule has 0 atom stereocenters. The van der Waals surface area contributed by atoms with E-state index in [1.807, 2.05) is 22.4 Å². The fourth-order valence-corrected chi connectivity index (χ4v) is 4.00. The molecular weight excluding hydrogens is 352 g/mol. The average molecular weight is 381 g/mol. The van der Waals surface area contributed by atoms with Crippen LogP contribution in [0.25, 0.3) is 0 Å². The van der Waals surface area contributed by atoms with Crippen LogP contribution < -0.4 is 0 Å². The zero-order chi connectivity index (χ0) is 19.1. The van der Waals surface area contributed by atoms with E-state index in [0.29, 0.717) is 6.54 Å². The Morgan fingerprint density at radius 1 is 1.11 bits per heavy atom. The topological polar surface area (TPSA) is 25.2 Å². The third kappa shape index (κ3) is 5.33. The summed E-state index contributed by atoms with van der Waals surface area (Å²) in [5, 5.41) is 1.97. The van der Waals surface area contributed by atoms with Gasteiger partial charge in [-0.3, -0.25) is 4.79 Å². The van der Waals surface area contributed by atoms with E-state index in [9.17, 15) is 4.79 Å². The van der Waals surface area contributed by atoms with Crippen LogP contribution in [0.1, 0.15) is 52.7 Å². The van der Waals surface area contributed by atoms with Gasteiger partial charge < -0.3 is 9.47 Å². The maximum absolute atomic E-state index is 13.0. The number of unbranched alkanes of at least 4 members (excludes halogenated alkanes) is 2. The van der Waals surface area contributed by atoms with E-state index in [0.717, 1.165) is 37.2 Å². The standard InChI is InChI=1S/C23H28N2OS/c1-3-4-5-13-25(23(26)22-12-8-15-27-22)18-21-11-7-14-24(21)17-20-10-6-9-19(2)16-20/h6-12,14-16H,3-5,13,17-18H2,1-2H3. The highest BCUT2D eigenvalue weighted by Crippen LogP contribution is 2.17. The number of benzene rings is 1. The van der Waals surface area contributed by atoms with Crippen LogP contribution in [0.3, 0.4) is 0 Å². The molecule has 2 heterocycles. The molecule has 0 N–H and O–H groups in total. The molecule has 27 heavy (non-hydrogen) atoms. The van der Waals surface area contributed by atoms with Crippen molar-refractivity contribution in [3.05, 3.63) is 81.8 Å². The van der Waals surface area contributed by atoms with E-state index in [-0.39, 0.29) is 5.91 Å². The maximum Gasteiger partial charge on any atom is 0.264 e. The fourth-order valence-electron chi connectivity index (χ4n) is 3.31. The van der Waals surface area contributed by atoms with Crippen molar-refractivity contribution in [2.75, 3.05) is 6.54 Å². The van der Waals surface area contributed by atoms with Gasteiger partial charge in [-0.1, -0.05) is 55.7 Å². The zero-order valence-electron chi connectivity index (χ0n) is 16.2. The van der Waals surface area contributed by atoms with Crippen molar-refractivity contribution in [1.82, 2.24) is 9.47 Å². The van der Waals surface area contributed by atoms with Gasteiger partial charge in [-0.15, -0.1) is 11.3 Å². The van der Waals surface area contributed by atoms with E-state index in [1.165, 1.54) is 28.2 Å². The summed E-state index contributed by atoms with van der Waals surface area (Å²) >= 11 is 1.52. The van der Waals surface area contributed by atoms with Crippen molar-refractivity contribution >= 4 is 17.2 Å². The van der Waals surface area contributed by atoms with Gasteiger partial charge in [-0.2, -0.15) is 0 Å². The van der Waals surface area contributed by atoms with Crippen LogP contribution in [0.4, 0.5) is 0 Å². The minimum absolute atomic E-state index is 0.143. The molecule has 1 amide bonds.